The first-order chi connectivity index (χ1) is 15.7. The van der Waals surface area contributed by atoms with Crippen molar-refractivity contribution in [1.82, 2.24) is 21.3 Å². The van der Waals surface area contributed by atoms with E-state index in [9.17, 15) is 14.4 Å². The smallest absolute Gasteiger partial charge is 0.307 e. The number of carbonyl (C=O) groups excluding carboxylic acids is 2. The van der Waals surface area contributed by atoms with E-state index in [1.807, 2.05) is 0 Å². The van der Waals surface area contributed by atoms with Crippen LogP contribution in [0.15, 0.2) is 0 Å². The van der Waals surface area contributed by atoms with Crippen molar-refractivity contribution >= 4 is 29.7 Å². The van der Waals surface area contributed by atoms with Gasteiger partial charge in [-0.15, -0.1) is 0 Å². The molecule has 33 heavy (non-hydrogen) atoms. The highest BCUT2D eigenvalue weighted by Gasteiger charge is 2.18. The number of carboxylic acids is 1. The summed E-state index contributed by atoms with van der Waals surface area (Å²) < 4.78 is 0. The third-order valence-electron chi connectivity index (χ3n) is 4.84. The summed E-state index contributed by atoms with van der Waals surface area (Å²) in [5, 5.41) is 33.9. The number of rotatable bonds is 20. The van der Waals surface area contributed by atoms with E-state index in [1.165, 1.54) is 0 Å². The van der Waals surface area contributed by atoms with Gasteiger partial charge in [0.25, 0.3) is 0 Å². The Labute approximate surface area is 196 Å². The molecular formula is C21H42N8O4. The van der Waals surface area contributed by atoms with Gasteiger partial charge < -0.3 is 37.8 Å². The SMILES string of the molecule is N=C(N)NCCCCCCCC(=O)NC(CC(=O)O)NC(=O)CCCCCCCNC(=N)N. The lowest BCUT2D eigenvalue weighted by molar-refractivity contribution is -0.138. The normalized spacial score (nSPS) is 11.3. The van der Waals surface area contributed by atoms with Crippen LogP contribution >= 0.6 is 0 Å². The summed E-state index contributed by atoms with van der Waals surface area (Å²) in [5.41, 5.74) is 10.4. The Morgan fingerprint density at radius 1 is 0.667 bits per heavy atom. The van der Waals surface area contributed by atoms with E-state index in [1.54, 1.807) is 0 Å². The average Bonchev–Trinajstić information content (AvgIpc) is 2.70. The predicted molar refractivity (Wildman–Crippen MR) is 128 cm³/mol. The molecule has 0 atom stereocenters. The second kappa shape index (κ2) is 19.6. The third kappa shape index (κ3) is 22.0. The van der Waals surface area contributed by atoms with E-state index in [-0.39, 0.29) is 43.0 Å². The van der Waals surface area contributed by atoms with Gasteiger partial charge in [-0.3, -0.25) is 25.2 Å². The number of hydrogen-bond donors (Lipinski definition) is 9. The van der Waals surface area contributed by atoms with Crippen LogP contribution in [0.2, 0.25) is 0 Å². The summed E-state index contributed by atoms with van der Waals surface area (Å²) in [7, 11) is 0. The number of amides is 2. The van der Waals surface area contributed by atoms with Crippen LogP contribution < -0.4 is 32.7 Å². The van der Waals surface area contributed by atoms with Gasteiger partial charge in [-0.25, -0.2) is 0 Å². The molecule has 0 saturated carbocycles. The lowest BCUT2D eigenvalue weighted by Crippen LogP contribution is -2.49. The van der Waals surface area contributed by atoms with Crippen LogP contribution in [-0.2, 0) is 14.4 Å². The number of hydrogen-bond acceptors (Lipinski definition) is 5. The van der Waals surface area contributed by atoms with Crippen molar-refractivity contribution in [3.63, 3.8) is 0 Å². The Kier molecular flexibility index (Phi) is 17.8. The van der Waals surface area contributed by atoms with Gasteiger partial charge in [0.1, 0.15) is 6.17 Å². The Bertz CT molecular complexity index is 571. The van der Waals surface area contributed by atoms with Gasteiger partial charge >= 0.3 is 5.97 Å². The molecular weight excluding hydrogens is 428 g/mol. The molecule has 0 spiro atoms. The molecule has 12 nitrogen and oxygen atoms in total. The molecule has 0 heterocycles. The van der Waals surface area contributed by atoms with E-state index in [0.29, 0.717) is 25.9 Å². The maximum atomic E-state index is 12.1. The molecule has 0 aromatic rings. The summed E-state index contributed by atoms with van der Waals surface area (Å²) in [6.45, 7) is 1.32. The van der Waals surface area contributed by atoms with Crippen molar-refractivity contribution in [1.29, 1.82) is 10.8 Å². The van der Waals surface area contributed by atoms with Crippen molar-refractivity contribution in [2.24, 2.45) is 11.5 Å². The van der Waals surface area contributed by atoms with E-state index >= 15 is 0 Å². The molecule has 190 valence electrons. The highest BCUT2D eigenvalue weighted by Crippen LogP contribution is 2.07. The van der Waals surface area contributed by atoms with Crippen LogP contribution in [0.25, 0.3) is 0 Å². The molecule has 0 unspecified atom stereocenters. The zero-order valence-corrected chi connectivity index (χ0v) is 19.5. The van der Waals surface area contributed by atoms with E-state index < -0.39 is 12.1 Å². The standard InChI is InChI=1S/C21H42N8O4/c22-20(23)26-13-9-5-1-3-7-11-17(30)28-16(15-19(32)33)29-18(31)12-8-4-2-6-10-14-27-21(24)25/h16H,1-15H2,(H,28,30)(H,29,31)(H,32,33)(H4,22,23,26)(H4,24,25,27). The summed E-state index contributed by atoms with van der Waals surface area (Å²) in [6.07, 6.45) is 8.00. The van der Waals surface area contributed by atoms with E-state index in [4.69, 9.17) is 27.4 Å². The Morgan fingerprint density at radius 3 is 1.39 bits per heavy atom. The first-order valence-electron chi connectivity index (χ1n) is 11.7. The average molecular weight is 471 g/mol. The molecule has 0 aliphatic carbocycles. The highest BCUT2D eigenvalue weighted by molar-refractivity contribution is 5.80. The molecule has 2 amide bonds. The Morgan fingerprint density at radius 2 is 1.03 bits per heavy atom. The lowest BCUT2D eigenvalue weighted by Gasteiger charge is -2.18. The van der Waals surface area contributed by atoms with Crippen molar-refractivity contribution in [2.75, 3.05) is 13.1 Å². The summed E-state index contributed by atoms with van der Waals surface area (Å²) in [5.74, 6) is -1.73. The molecule has 0 radical (unpaired) electrons. The first-order valence-corrected chi connectivity index (χ1v) is 11.7. The molecule has 0 rings (SSSR count). The molecule has 0 bridgehead atoms. The molecule has 11 N–H and O–H groups in total. The van der Waals surface area contributed by atoms with E-state index in [0.717, 1.165) is 51.4 Å². The monoisotopic (exact) mass is 470 g/mol. The van der Waals surface area contributed by atoms with Gasteiger partial charge in [0.05, 0.1) is 6.42 Å². The van der Waals surface area contributed by atoms with Crippen molar-refractivity contribution in [3.05, 3.63) is 0 Å². The molecule has 0 fully saturated rings. The summed E-state index contributed by atoms with van der Waals surface area (Å²) >= 11 is 0. The minimum atomic E-state index is -1.10. The van der Waals surface area contributed by atoms with Gasteiger partial charge in [0, 0.05) is 25.9 Å². The molecule has 0 aromatic carbocycles. The van der Waals surface area contributed by atoms with Crippen LogP contribution in [-0.4, -0.2) is 54.1 Å². The molecule has 0 aliphatic rings. The number of nitrogens with one attached hydrogen (secondary N) is 6. The van der Waals surface area contributed by atoms with Gasteiger partial charge in [0.2, 0.25) is 11.8 Å². The zero-order valence-electron chi connectivity index (χ0n) is 19.5. The maximum absolute atomic E-state index is 12.1. The Balaban J connectivity index is 3.97. The minimum absolute atomic E-state index is 0.0371. The summed E-state index contributed by atoms with van der Waals surface area (Å²) in [4.78, 5) is 35.3. The zero-order chi connectivity index (χ0) is 24.9. The van der Waals surface area contributed by atoms with Gasteiger partial charge in [0.15, 0.2) is 11.9 Å². The number of unbranched alkanes of at least 4 members (excludes halogenated alkanes) is 8. The summed E-state index contributed by atoms with van der Waals surface area (Å²) in [6, 6.07) is 0. The van der Waals surface area contributed by atoms with Crippen LogP contribution in [0, 0.1) is 10.8 Å². The Hall–Kier alpha value is -3.05. The quantitative estimate of drug-likeness (QED) is 0.0531. The maximum Gasteiger partial charge on any atom is 0.307 e. The molecule has 0 saturated heterocycles. The lowest BCUT2D eigenvalue weighted by atomic mass is 10.1. The van der Waals surface area contributed by atoms with Crippen LogP contribution in [0.3, 0.4) is 0 Å². The fourth-order valence-corrected chi connectivity index (χ4v) is 3.17. The minimum Gasteiger partial charge on any atom is -0.481 e. The van der Waals surface area contributed by atoms with Gasteiger partial charge in [-0.05, 0) is 25.7 Å². The van der Waals surface area contributed by atoms with Crippen molar-refractivity contribution in [3.8, 4) is 0 Å². The number of carbonyl (C=O) groups is 3. The molecule has 12 heteroatoms. The number of aliphatic carboxylic acids is 1. The van der Waals surface area contributed by atoms with Crippen LogP contribution in [0.1, 0.15) is 83.5 Å². The number of carboxylic acid groups (broad SMARTS) is 1. The van der Waals surface area contributed by atoms with Crippen LogP contribution in [0.4, 0.5) is 0 Å². The number of guanidine groups is 2. The van der Waals surface area contributed by atoms with Crippen molar-refractivity contribution < 1.29 is 19.5 Å². The van der Waals surface area contributed by atoms with E-state index in [2.05, 4.69) is 21.3 Å². The predicted octanol–water partition coefficient (Wildman–Crippen LogP) is 0.667. The third-order valence-corrected chi connectivity index (χ3v) is 4.84. The van der Waals surface area contributed by atoms with Crippen LogP contribution in [0.5, 0.6) is 0 Å². The second-order valence-electron chi connectivity index (χ2n) is 8.00. The van der Waals surface area contributed by atoms with Crippen molar-refractivity contribution in [2.45, 2.75) is 89.6 Å². The first kappa shape index (κ1) is 29.9. The number of nitrogens with two attached hydrogens (primary N) is 2. The fourth-order valence-electron chi connectivity index (χ4n) is 3.17. The largest absolute Gasteiger partial charge is 0.481 e. The second-order valence-corrected chi connectivity index (χ2v) is 8.00. The van der Waals surface area contributed by atoms with Gasteiger partial charge in [-0.2, -0.15) is 0 Å². The molecule has 0 aromatic heterocycles. The topological polar surface area (TPSA) is 219 Å². The molecule has 0 aliphatic heterocycles. The fraction of sp³-hybridized carbons (Fsp3) is 0.762. The van der Waals surface area contributed by atoms with Gasteiger partial charge in [-0.1, -0.05) is 38.5 Å². The highest BCUT2D eigenvalue weighted by atomic mass is 16.4.